The number of hydrogen-bond donors (Lipinski definition) is 11. The molecule has 2 aromatic carbocycles. The average Bonchev–Trinajstić information content (AvgIpc) is 3.09. The van der Waals surface area contributed by atoms with E-state index < -0.39 is 109 Å². The van der Waals surface area contributed by atoms with Gasteiger partial charge in [-0.2, -0.15) is 0 Å². The van der Waals surface area contributed by atoms with Crippen LogP contribution < -0.4 is 38.1 Å². The lowest BCUT2D eigenvalue weighted by atomic mass is 10.0. The second-order valence-corrected chi connectivity index (χ2v) is 11.7. The van der Waals surface area contributed by atoms with E-state index in [0.29, 0.717) is 11.1 Å². The maximum absolute atomic E-state index is 13.6. The van der Waals surface area contributed by atoms with Crippen LogP contribution in [0.3, 0.4) is 0 Å². The minimum atomic E-state index is -1.87. The van der Waals surface area contributed by atoms with Gasteiger partial charge in [0.1, 0.15) is 29.9 Å². The highest BCUT2D eigenvalue weighted by Gasteiger charge is 2.33. The molecular weight excluding hydrogens is 702 g/mol. The van der Waals surface area contributed by atoms with Crippen molar-refractivity contribution in [2.45, 2.75) is 68.7 Å². The molecule has 6 amide bonds. The van der Waals surface area contributed by atoms with E-state index in [0.717, 1.165) is 0 Å². The van der Waals surface area contributed by atoms with Gasteiger partial charge in [0, 0.05) is 19.3 Å². The van der Waals surface area contributed by atoms with E-state index in [1.165, 1.54) is 24.3 Å². The largest absolute Gasteiger partial charge is 0.508 e. The van der Waals surface area contributed by atoms with Crippen LogP contribution in [0.5, 0.6) is 5.75 Å². The predicted octanol–water partition coefficient (Wildman–Crippen LogP) is -3.14. The molecule has 0 heterocycles. The molecule has 5 atom stereocenters. The number of phenolic OH excluding ortho intramolecular Hbond substituents is 1. The Morgan fingerprint density at radius 3 is 1.64 bits per heavy atom. The van der Waals surface area contributed by atoms with Gasteiger partial charge in [-0.05, 0) is 29.7 Å². The Morgan fingerprint density at radius 2 is 1.11 bits per heavy atom. The molecule has 0 fully saturated rings. The third kappa shape index (κ3) is 15.9. The molecule has 20 heteroatoms. The first kappa shape index (κ1) is 42.6. The van der Waals surface area contributed by atoms with Crippen LogP contribution in [0.15, 0.2) is 54.6 Å². The summed E-state index contributed by atoms with van der Waals surface area (Å²) in [6.45, 7) is -0.695. The second kappa shape index (κ2) is 20.9. The summed E-state index contributed by atoms with van der Waals surface area (Å²) in [5, 5.41) is 48.3. The molecule has 0 aliphatic rings. The zero-order valence-corrected chi connectivity index (χ0v) is 28.2. The van der Waals surface area contributed by atoms with Crippen molar-refractivity contribution in [1.82, 2.24) is 26.6 Å². The number of hydrogen-bond acceptors (Lipinski definition) is 11. The number of carbonyl (C=O) groups is 9. The Labute approximate surface area is 301 Å². The number of phenols is 1. The van der Waals surface area contributed by atoms with Crippen LogP contribution in [-0.4, -0.2) is 111 Å². The third-order valence-electron chi connectivity index (χ3n) is 7.40. The first-order chi connectivity index (χ1) is 24.9. The molecule has 0 aromatic heterocycles. The van der Waals surface area contributed by atoms with Crippen LogP contribution in [-0.2, 0) is 56.0 Å². The molecule has 0 aliphatic heterocycles. The third-order valence-corrected chi connectivity index (χ3v) is 7.40. The van der Waals surface area contributed by atoms with Crippen LogP contribution in [0.25, 0.3) is 0 Å². The molecule has 20 nitrogen and oxygen atoms in total. The van der Waals surface area contributed by atoms with Crippen LogP contribution in [0, 0.1) is 0 Å². The highest BCUT2D eigenvalue weighted by atomic mass is 16.4. The van der Waals surface area contributed by atoms with E-state index in [4.69, 9.17) is 21.7 Å². The molecule has 0 bridgehead atoms. The van der Waals surface area contributed by atoms with Crippen molar-refractivity contribution in [3.05, 3.63) is 65.7 Å². The highest BCUT2D eigenvalue weighted by Crippen LogP contribution is 2.12. The van der Waals surface area contributed by atoms with Gasteiger partial charge in [0.25, 0.3) is 0 Å². The smallest absolute Gasteiger partial charge is 0.326 e. The Kier molecular flexibility index (Phi) is 16.8. The summed E-state index contributed by atoms with van der Waals surface area (Å²) in [5.74, 6) is -10.6. The first-order valence-electron chi connectivity index (χ1n) is 15.9. The zero-order chi connectivity index (χ0) is 39.7. The maximum Gasteiger partial charge on any atom is 0.326 e. The molecular formula is C33H41N7O13. The van der Waals surface area contributed by atoms with Gasteiger partial charge in [0.15, 0.2) is 0 Å². The van der Waals surface area contributed by atoms with Crippen molar-refractivity contribution < 1.29 is 63.6 Å². The second-order valence-electron chi connectivity index (χ2n) is 11.7. The fraction of sp³-hybridized carbons (Fsp3) is 0.364. The number of nitrogens with two attached hydrogens (primary N) is 2. The molecule has 0 spiro atoms. The Bertz CT molecular complexity index is 1650. The van der Waals surface area contributed by atoms with E-state index in [-0.39, 0.29) is 25.0 Å². The topological polar surface area (TPSA) is 347 Å². The minimum absolute atomic E-state index is 0.106. The van der Waals surface area contributed by atoms with Crippen LogP contribution in [0.1, 0.15) is 36.8 Å². The number of nitrogens with one attached hydrogen (secondary N) is 5. The summed E-state index contributed by atoms with van der Waals surface area (Å²) in [7, 11) is 0. The minimum Gasteiger partial charge on any atom is -0.508 e. The van der Waals surface area contributed by atoms with E-state index >= 15 is 0 Å². The lowest BCUT2D eigenvalue weighted by Gasteiger charge is -2.26. The molecule has 2 aromatic rings. The molecule has 0 unspecified atom stereocenters. The lowest BCUT2D eigenvalue weighted by Crippen LogP contribution is -2.59. The summed E-state index contributed by atoms with van der Waals surface area (Å²) in [6, 6.07) is 5.64. The van der Waals surface area contributed by atoms with Gasteiger partial charge in [-0.3, -0.25) is 38.4 Å². The molecule has 13 N–H and O–H groups in total. The Hall–Kier alpha value is -6.57. The van der Waals surface area contributed by atoms with E-state index in [9.17, 15) is 53.4 Å². The quantitative estimate of drug-likeness (QED) is 0.0568. The van der Waals surface area contributed by atoms with Crippen LogP contribution in [0.2, 0.25) is 0 Å². The van der Waals surface area contributed by atoms with Crippen molar-refractivity contribution in [3.63, 3.8) is 0 Å². The molecule has 0 saturated carbocycles. The number of benzene rings is 2. The van der Waals surface area contributed by atoms with E-state index in [1.54, 1.807) is 30.3 Å². The van der Waals surface area contributed by atoms with Crippen molar-refractivity contribution in [2.24, 2.45) is 11.5 Å². The van der Waals surface area contributed by atoms with Crippen LogP contribution in [0.4, 0.5) is 0 Å². The fourth-order valence-corrected chi connectivity index (χ4v) is 4.69. The molecule has 0 aliphatic carbocycles. The van der Waals surface area contributed by atoms with E-state index in [1.807, 2.05) is 0 Å². The molecule has 0 radical (unpaired) electrons. The van der Waals surface area contributed by atoms with Crippen molar-refractivity contribution in [2.75, 3.05) is 6.54 Å². The van der Waals surface area contributed by atoms with Crippen molar-refractivity contribution in [1.29, 1.82) is 0 Å². The zero-order valence-electron chi connectivity index (χ0n) is 28.2. The fourth-order valence-electron chi connectivity index (χ4n) is 4.69. The number of carbonyl (C=O) groups excluding carboxylic acids is 6. The summed E-state index contributed by atoms with van der Waals surface area (Å²) in [4.78, 5) is 111. The lowest BCUT2D eigenvalue weighted by molar-refractivity contribution is -0.147. The van der Waals surface area contributed by atoms with Gasteiger partial charge in [-0.15, -0.1) is 0 Å². The number of carboxylic acids is 3. The van der Waals surface area contributed by atoms with Gasteiger partial charge in [-0.1, -0.05) is 42.5 Å². The average molecular weight is 744 g/mol. The van der Waals surface area contributed by atoms with Gasteiger partial charge in [0.2, 0.25) is 35.4 Å². The Balaban J connectivity index is 2.31. The number of aliphatic carboxylic acids is 3. The number of carboxylic acid groups (broad SMARTS) is 3. The maximum atomic E-state index is 13.6. The normalized spacial score (nSPS) is 13.5. The number of primary amides is 1. The standard InChI is InChI=1S/C33H41N7O13/c34-20(10-11-27(44)45)29(48)36-16-26(43)37-21(13-18-6-8-19(41)9-7-18)30(49)39-23(14-25(35)42)32(51)38-22(12-17-4-2-1-3-5-17)31(50)40-24(33(52)53)15-28(46)47/h1-9,20-24,41H,10-16,34H2,(H2,35,42)(H,36,48)(H,37,43)(H,38,51)(H,39,49)(H,40,50)(H,44,45)(H,46,47)(H,52,53)/t20-,21-,22-,23-,24-/m0/s1. The number of rotatable bonds is 22. The monoisotopic (exact) mass is 743 g/mol. The Morgan fingerprint density at radius 1 is 0.604 bits per heavy atom. The first-order valence-corrected chi connectivity index (χ1v) is 15.9. The van der Waals surface area contributed by atoms with Crippen LogP contribution >= 0.6 is 0 Å². The summed E-state index contributed by atoms with van der Waals surface area (Å²) in [6.07, 6.45) is -2.88. The predicted molar refractivity (Wildman–Crippen MR) is 181 cm³/mol. The number of aromatic hydroxyl groups is 1. The summed E-state index contributed by atoms with van der Waals surface area (Å²) < 4.78 is 0. The van der Waals surface area contributed by atoms with Crippen molar-refractivity contribution >= 4 is 53.4 Å². The van der Waals surface area contributed by atoms with Gasteiger partial charge in [-0.25, -0.2) is 4.79 Å². The SMILES string of the molecule is NC(=O)C[C@H](NC(=O)[C@H](Cc1ccc(O)cc1)NC(=O)CNC(=O)[C@@H](N)CCC(=O)O)C(=O)N[C@@H](Cc1ccccc1)C(=O)N[C@@H](CC(=O)O)C(=O)O. The molecule has 2 rings (SSSR count). The van der Waals surface area contributed by atoms with Gasteiger partial charge in [0.05, 0.1) is 25.4 Å². The summed E-state index contributed by atoms with van der Waals surface area (Å²) >= 11 is 0. The van der Waals surface area contributed by atoms with Crippen molar-refractivity contribution in [3.8, 4) is 5.75 Å². The molecule has 0 saturated heterocycles. The number of amides is 6. The van der Waals surface area contributed by atoms with E-state index in [2.05, 4.69) is 26.6 Å². The highest BCUT2D eigenvalue weighted by molar-refractivity contribution is 5.97. The molecule has 53 heavy (non-hydrogen) atoms. The molecule has 286 valence electrons. The summed E-state index contributed by atoms with van der Waals surface area (Å²) in [5.41, 5.74) is 11.9. The van der Waals surface area contributed by atoms with Gasteiger partial charge < -0.3 is 58.5 Å². The van der Waals surface area contributed by atoms with Gasteiger partial charge >= 0.3 is 17.9 Å².